The van der Waals surface area contributed by atoms with E-state index in [1.165, 1.54) is 5.56 Å². The summed E-state index contributed by atoms with van der Waals surface area (Å²) < 4.78 is 1.83. The van der Waals surface area contributed by atoms with E-state index in [9.17, 15) is 4.79 Å². The predicted molar refractivity (Wildman–Crippen MR) is 87.3 cm³/mol. The average Bonchev–Trinajstić information content (AvgIpc) is 2.92. The lowest BCUT2D eigenvalue weighted by Crippen LogP contribution is -2.10. The molecule has 23 heavy (non-hydrogen) atoms. The first-order valence-electron chi connectivity index (χ1n) is 7.78. The number of hydrogen-bond donors (Lipinski definition) is 1. The number of para-hydroxylation sites is 1. The van der Waals surface area contributed by atoms with Gasteiger partial charge in [-0.15, -0.1) is 0 Å². The van der Waals surface area contributed by atoms with Crippen molar-refractivity contribution in [2.24, 2.45) is 7.05 Å². The van der Waals surface area contributed by atoms with E-state index in [4.69, 9.17) is 10.1 Å². The number of carbonyl (C=O) groups is 1. The van der Waals surface area contributed by atoms with Gasteiger partial charge in [-0.3, -0.25) is 9.48 Å². The summed E-state index contributed by atoms with van der Waals surface area (Å²) in [6, 6.07) is 7.98. The highest BCUT2D eigenvalue weighted by Gasteiger charge is 2.24. The number of fused-ring (bicyclic) bond motifs is 4. The van der Waals surface area contributed by atoms with Crippen molar-refractivity contribution in [3.05, 3.63) is 47.3 Å². The maximum atomic E-state index is 11.0. The Morgan fingerprint density at radius 2 is 2.13 bits per heavy atom. The van der Waals surface area contributed by atoms with Gasteiger partial charge in [-0.1, -0.05) is 18.2 Å². The maximum absolute atomic E-state index is 11.0. The lowest BCUT2D eigenvalue weighted by atomic mass is 9.87. The second-order valence-corrected chi connectivity index (χ2v) is 5.99. The molecule has 1 aliphatic rings. The predicted octanol–water partition coefficient (Wildman–Crippen LogP) is 2.75. The molecule has 5 nitrogen and oxygen atoms in total. The SMILES string of the molecule is Cn1cc2c(n1)CCc1c-2nc2ccccc2c1CCC(=O)O. The van der Waals surface area contributed by atoms with Crippen molar-refractivity contribution in [2.45, 2.75) is 25.7 Å². The van der Waals surface area contributed by atoms with Crippen LogP contribution in [-0.2, 0) is 31.1 Å². The average molecular weight is 307 g/mol. The van der Waals surface area contributed by atoms with Crippen molar-refractivity contribution in [1.82, 2.24) is 14.8 Å². The summed E-state index contributed by atoms with van der Waals surface area (Å²) in [5.74, 6) is -0.766. The van der Waals surface area contributed by atoms with Gasteiger partial charge >= 0.3 is 5.97 Å². The fourth-order valence-corrected chi connectivity index (χ4v) is 3.49. The summed E-state index contributed by atoms with van der Waals surface area (Å²) in [7, 11) is 1.92. The third-order valence-electron chi connectivity index (χ3n) is 4.47. The first-order valence-corrected chi connectivity index (χ1v) is 7.78. The van der Waals surface area contributed by atoms with Crippen LogP contribution in [-0.4, -0.2) is 25.8 Å². The topological polar surface area (TPSA) is 68.0 Å². The van der Waals surface area contributed by atoms with Crippen LogP contribution in [0.1, 0.15) is 23.2 Å². The number of nitrogens with zero attached hydrogens (tertiary/aromatic N) is 3. The van der Waals surface area contributed by atoms with Gasteiger partial charge in [0.25, 0.3) is 0 Å². The number of hydrogen-bond acceptors (Lipinski definition) is 3. The highest BCUT2D eigenvalue weighted by atomic mass is 16.4. The van der Waals surface area contributed by atoms with Crippen molar-refractivity contribution in [2.75, 3.05) is 0 Å². The molecule has 0 bridgehead atoms. The first-order chi connectivity index (χ1) is 11.1. The van der Waals surface area contributed by atoms with E-state index < -0.39 is 5.97 Å². The number of carboxylic acids is 1. The monoisotopic (exact) mass is 307 g/mol. The smallest absolute Gasteiger partial charge is 0.303 e. The Balaban J connectivity index is 1.97. The Morgan fingerprint density at radius 1 is 1.30 bits per heavy atom. The molecule has 0 fully saturated rings. The minimum absolute atomic E-state index is 0.139. The Labute approximate surface area is 133 Å². The Kier molecular flexibility index (Phi) is 3.15. The fourth-order valence-electron chi connectivity index (χ4n) is 3.49. The molecule has 1 N–H and O–H groups in total. The van der Waals surface area contributed by atoms with Gasteiger partial charge in [-0.25, -0.2) is 4.98 Å². The summed E-state index contributed by atoms with van der Waals surface area (Å²) >= 11 is 0. The van der Waals surface area contributed by atoms with Crippen LogP contribution in [0.25, 0.3) is 22.2 Å². The molecule has 0 saturated carbocycles. The van der Waals surface area contributed by atoms with Crippen molar-refractivity contribution in [1.29, 1.82) is 0 Å². The second-order valence-electron chi connectivity index (χ2n) is 5.99. The standard InChI is InChI=1S/C18H17N3O2/c1-21-10-14-16(20-21)8-6-13-11(7-9-17(22)23)12-4-2-3-5-15(12)19-18(13)14/h2-5,10H,6-9H2,1H3,(H,22,23). The van der Waals surface area contributed by atoms with E-state index in [2.05, 4.69) is 5.10 Å². The quantitative estimate of drug-likeness (QED) is 0.808. The van der Waals surface area contributed by atoms with Gasteiger partial charge in [0, 0.05) is 30.6 Å². The molecular weight excluding hydrogens is 290 g/mol. The van der Waals surface area contributed by atoms with Gasteiger partial charge in [-0.2, -0.15) is 5.10 Å². The zero-order chi connectivity index (χ0) is 16.0. The van der Waals surface area contributed by atoms with E-state index in [-0.39, 0.29) is 6.42 Å². The molecular formula is C18H17N3O2. The summed E-state index contributed by atoms with van der Waals surface area (Å²) in [6.07, 6.45) is 4.43. The number of benzene rings is 1. The van der Waals surface area contributed by atoms with Crippen LogP contribution in [0.2, 0.25) is 0 Å². The third kappa shape index (κ3) is 2.29. The van der Waals surface area contributed by atoms with Gasteiger partial charge < -0.3 is 5.11 Å². The molecule has 2 heterocycles. The largest absolute Gasteiger partial charge is 0.481 e. The molecule has 0 aliphatic heterocycles. The molecule has 0 unspecified atom stereocenters. The molecule has 4 rings (SSSR count). The van der Waals surface area contributed by atoms with Crippen LogP contribution >= 0.6 is 0 Å². The number of aromatic nitrogens is 3. The van der Waals surface area contributed by atoms with E-state index in [1.54, 1.807) is 0 Å². The molecule has 0 radical (unpaired) electrons. The van der Waals surface area contributed by atoms with E-state index in [0.29, 0.717) is 6.42 Å². The summed E-state index contributed by atoms with van der Waals surface area (Å²) in [5.41, 5.74) is 6.36. The van der Waals surface area contributed by atoms with Crippen LogP contribution in [0.15, 0.2) is 30.5 Å². The molecule has 0 atom stereocenters. The molecule has 0 amide bonds. The molecule has 2 aromatic heterocycles. The molecule has 116 valence electrons. The number of aliphatic carboxylic acids is 1. The van der Waals surface area contributed by atoms with Gasteiger partial charge in [0.2, 0.25) is 0 Å². The van der Waals surface area contributed by atoms with Crippen LogP contribution < -0.4 is 0 Å². The second kappa shape index (κ2) is 5.19. The lowest BCUT2D eigenvalue weighted by Gasteiger charge is -2.20. The Morgan fingerprint density at radius 3 is 2.96 bits per heavy atom. The van der Waals surface area contributed by atoms with E-state index in [1.807, 2.05) is 42.2 Å². The molecule has 1 aliphatic carbocycles. The van der Waals surface area contributed by atoms with Crippen LogP contribution in [0.3, 0.4) is 0 Å². The van der Waals surface area contributed by atoms with Crippen molar-refractivity contribution in [3.63, 3.8) is 0 Å². The summed E-state index contributed by atoms with van der Waals surface area (Å²) in [6.45, 7) is 0. The fraction of sp³-hybridized carbons (Fsp3) is 0.278. The van der Waals surface area contributed by atoms with Crippen LogP contribution in [0.4, 0.5) is 0 Å². The highest BCUT2D eigenvalue weighted by Crippen LogP contribution is 2.36. The van der Waals surface area contributed by atoms with Gasteiger partial charge in [0.05, 0.1) is 16.9 Å². The van der Waals surface area contributed by atoms with E-state index >= 15 is 0 Å². The number of rotatable bonds is 3. The number of pyridine rings is 1. The Hall–Kier alpha value is -2.69. The highest BCUT2D eigenvalue weighted by molar-refractivity contribution is 5.88. The van der Waals surface area contributed by atoms with Crippen molar-refractivity contribution >= 4 is 16.9 Å². The summed E-state index contributed by atoms with van der Waals surface area (Å²) in [4.78, 5) is 15.9. The summed E-state index contributed by atoms with van der Waals surface area (Å²) in [5, 5.41) is 14.7. The minimum atomic E-state index is -0.766. The normalized spacial score (nSPS) is 12.9. The molecule has 1 aromatic carbocycles. The molecule has 5 heteroatoms. The van der Waals surface area contributed by atoms with Crippen molar-refractivity contribution in [3.8, 4) is 11.3 Å². The van der Waals surface area contributed by atoms with Gasteiger partial charge in [-0.05, 0) is 36.5 Å². The number of carboxylic acid groups (broad SMARTS) is 1. The Bertz CT molecular complexity index is 927. The molecule has 0 spiro atoms. The van der Waals surface area contributed by atoms with Gasteiger partial charge in [0.1, 0.15) is 0 Å². The van der Waals surface area contributed by atoms with Crippen LogP contribution in [0, 0.1) is 0 Å². The molecule has 0 saturated heterocycles. The zero-order valence-electron chi connectivity index (χ0n) is 12.9. The maximum Gasteiger partial charge on any atom is 0.303 e. The first kappa shape index (κ1) is 13.9. The van der Waals surface area contributed by atoms with Crippen LogP contribution in [0.5, 0.6) is 0 Å². The van der Waals surface area contributed by atoms with Crippen molar-refractivity contribution < 1.29 is 9.90 Å². The lowest BCUT2D eigenvalue weighted by molar-refractivity contribution is -0.136. The minimum Gasteiger partial charge on any atom is -0.481 e. The van der Waals surface area contributed by atoms with Gasteiger partial charge in [0.15, 0.2) is 0 Å². The third-order valence-corrected chi connectivity index (χ3v) is 4.47. The zero-order valence-corrected chi connectivity index (χ0v) is 12.9. The molecule has 3 aromatic rings. The van der Waals surface area contributed by atoms with E-state index in [0.717, 1.165) is 46.3 Å². The number of aryl methyl sites for hydroxylation is 3.